The molecule has 3 aromatic rings. The molecule has 1 atom stereocenters. The molecule has 2 nitrogen and oxygen atoms in total. The van der Waals surface area contributed by atoms with Gasteiger partial charge in [0.05, 0.1) is 5.69 Å². The van der Waals surface area contributed by atoms with Gasteiger partial charge in [-0.15, -0.1) is 0 Å². The molecule has 1 unspecified atom stereocenters. The summed E-state index contributed by atoms with van der Waals surface area (Å²) in [6.07, 6.45) is 1.52. The number of benzene rings is 2. The number of aromatic nitrogens is 1. The van der Waals surface area contributed by atoms with Gasteiger partial charge in [-0.05, 0) is 23.1 Å². The number of aliphatic hydroxyl groups is 1. The third-order valence-corrected chi connectivity index (χ3v) is 3.76. The van der Waals surface area contributed by atoms with Crippen molar-refractivity contribution in [1.82, 2.24) is 4.98 Å². The van der Waals surface area contributed by atoms with Crippen molar-refractivity contribution in [3.8, 4) is 0 Å². The zero-order chi connectivity index (χ0) is 13.9. The molecule has 3 heteroatoms. The summed E-state index contributed by atoms with van der Waals surface area (Å²) in [4.78, 5) is 4.34. The van der Waals surface area contributed by atoms with Gasteiger partial charge in [0.25, 0.3) is 0 Å². The molecule has 0 aliphatic rings. The third kappa shape index (κ3) is 2.53. The molecular weight excluding hydrogens is 270 g/mol. The number of aliphatic hydroxyl groups excluding tert-OH is 1. The zero-order valence-electron chi connectivity index (χ0n) is 10.8. The SMILES string of the molecule is OC(Cc1ccccc1Cl)c1nccc2ccccc12. The Morgan fingerprint density at radius 3 is 2.60 bits per heavy atom. The number of halogens is 1. The van der Waals surface area contributed by atoms with Gasteiger partial charge in [0.15, 0.2) is 0 Å². The van der Waals surface area contributed by atoms with E-state index in [1.54, 1.807) is 6.20 Å². The number of fused-ring (bicyclic) bond motifs is 1. The molecule has 0 amide bonds. The van der Waals surface area contributed by atoms with E-state index < -0.39 is 6.10 Å². The van der Waals surface area contributed by atoms with Crippen LogP contribution in [0.25, 0.3) is 10.8 Å². The van der Waals surface area contributed by atoms with Crippen LogP contribution in [-0.4, -0.2) is 10.1 Å². The van der Waals surface area contributed by atoms with E-state index >= 15 is 0 Å². The van der Waals surface area contributed by atoms with E-state index in [4.69, 9.17) is 11.6 Å². The van der Waals surface area contributed by atoms with E-state index in [9.17, 15) is 5.11 Å². The highest BCUT2D eigenvalue weighted by Crippen LogP contribution is 2.26. The van der Waals surface area contributed by atoms with E-state index in [-0.39, 0.29) is 0 Å². The van der Waals surface area contributed by atoms with Gasteiger partial charge in [-0.2, -0.15) is 0 Å². The normalized spacial score (nSPS) is 12.5. The first-order chi connectivity index (χ1) is 9.75. The molecule has 100 valence electrons. The van der Waals surface area contributed by atoms with Crippen LogP contribution in [0.1, 0.15) is 17.4 Å². The Morgan fingerprint density at radius 2 is 1.75 bits per heavy atom. The second kappa shape index (κ2) is 5.61. The van der Waals surface area contributed by atoms with Gasteiger partial charge >= 0.3 is 0 Å². The van der Waals surface area contributed by atoms with Crippen LogP contribution in [0.3, 0.4) is 0 Å². The smallest absolute Gasteiger partial charge is 0.101 e. The summed E-state index contributed by atoms with van der Waals surface area (Å²) < 4.78 is 0. The van der Waals surface area contributed by atoms with Crippen molar-refractivity contribution in [2.45, 2.75) is 12.5 Å². The number of hydrogen-bond donors (Lipinski definition) is 1. The van der Waals surface area contributed by atoms with Gasteiger partial charge in [0.2, 0.25) is 0 Å². The molecule has 0 aliphatic heterocycles. The number of hydrogen-bond acceptors (Lipinski definition) is 2. The largest absolute Gasteiger partial charge is 0.386 e. The Balaban J connectivity index is 1.97. The minimum atomic E-state index is -0.666. The van der Waals surface area contributed by atoms with Crippen molar-refractivity contribution in [2.24, 2.45) is 0 Å². The maximum atomic E-state index is 10.5. The molecule has 3 rings (SSSR count). The molecule has 0 spiro atoms. The van der Waals surface area contributed by atoms with Crippen LogP contribution in [0.4, 0.5) is 0 Å². The molecule has 0 aliphatic carbocycles. The lowest BCUT2D eigenvalue weighted by molar-refractivity contribution is 0.175. The van der Waals surface area contributed by atoms with Crippen molar-refractivity contribution in [3.63, 3.8) is 0 Å². The Labute approximate surface area is 122 Å². The minimum Gasteiger partial charge on any atom is -0.386 e. The lowest BCUT2D eigenvalue weighted by Crippen LogP contribution is -2.05. The topological polar surface area (TPSA) is 33.1 Å². The highest BCUT2D eigenvalue weighted by molar-refractivity contribution is 6.31. The molecule has 0 radical (unpaired) electrons. The summed E-state index contributed by atoms with van der Waals surface area (Å²) in [6.45, 7) is 0. The summed E-state index contributed by atoms with van der Waals surface area (Å²) in [5, 5.41) is 13.2. The van der Waals surface area contributed by atoms with Crippen LogP contribution in [0.2, 0.25) is 5.02 Å². The standard InChI is InChI=1S/C17H14ClNO/c18-15-8-4-2-6-13(15)11-16(20)17-14-7-3-1-5-12(14)9-10-19-17/h1-10,16,20H,11H2. The molecule has 0 fully saturated rings. The van der Waals surface area contributed by atoms with Gasteiger partial charge in [-0.1, -0.05) is 54.1 Å². The van der Waals surface area contributed by atoms with E-state index in [1.807, 2.05) is 54.6 Å². The molecule has 2 aromatic carbocycles. The number of rotatable bonds is 3. The quantitative estimate of drug-likeness (QED) is 0.783. The van der Waals surface area contributed by atoms with Crippen molar-refractivity contribution >= 4 is 22.4 Å². The molecule has 0 saturated carbocycles. The molecule has 20 heavy (non-hydrogen) atoms. The minimum absolute atomic E-state index is 0.459. The summed E-state index contributed by atoms with van der Waals surface area (Å²) in [6, 6.07) is 17.4. The maximum absolute atomic E-state index is 10.5. The summed E-state index contributed by atoms with van der Waals surface area (Å²) in [5.41, 5.74) is 1.62. The Kier molecular flexibility index (Phi) is 3.68. The van der Waals surface area contributed by atoms with Gasteiger partial charge in [-0.25, -0.2) is 0 Å². The average molecular weight is 284 g/mol. The van der Waals surface area contributed by atoms with Crippen molar-refractivity contribution in [3.05, 3.63) is 77.1 Å². The maximum Gasteiger partial charge on any atom is 0.101 e. The van der Waals surface area contributed by atoms with Crippen LogP contribution < -0.4 is 0 Å². The van der Waals surface area contributed by atoms with Gasteiger partial charge < -0.3 is 5.11 Å². The molecule has 1 N–H and O–H groups in total. The van der Waals surface area contributed by atoms with Crippen LogP contribution in [-0.2, 0) is 6.42 Å². The Hall–Kier alpha value is -1.90. The predicted octanol–water partition coefficient (Wildman–Crippen LogP) is 4.16. The third-order valence-electron chi connectivity index (χ3n) is 3.39. The number of pyridine rings is 1. The zero-order valence-corrected chi connectivity index (χ0v) is 11.6. The van der Waals surface area contributed by atoms with Gasteiger partial charge in [0.1, 0.15) is 6.10 Å². The Morgan fingerprint density at radius 1 is 1.00 bits per heavy atom. The average Bonchev–Trinajstić information content (AvgIpc) is 2.49. The van der Waals surface area contributed by atoms with Crippen molar-refractivity contribution in [2.75, 3.05) is 0 Å². The van der Waals surface area contributed by atoms with Gasteiger partial charge in [0, 0.05) is 23.0 Å². The van der Waals surface area contributed by atoms with Crippen LogP contribution >= 0.6 is 11.6 Å². The fourth-order valence-corrected chi connectivity index (χ4v) is 2.59. The lowest BCUT2D eigenvalue weighted by atomic mass is 10.0. The van der Waals surface area contributed by atoms with E-state index in [0.717, 1.165) is 16.3 Å². The van der Waals surface area contributed by atoms with Crippen molar-refractivity contribution in [1.29, 1.82) is 0 Å². The van der Waals surface area contributed by atoms with E-state index in [0.29, 0.717) is 17.1 Å². The summed E-state index contributed by atoms with van der Waals surface area (Å²) in [5.74, 6) is 0. The van der Waals surface area contributed by atoms with Crippen LogP contribution in [0, 0.1) is 0 Å². The fraction of sp³-hybridized carbons (Fsp3) is 0.118. The first-order valence-corrected chi connectivity index (χ1v) is 6.88. The highest BCUT2D eigenvalue weighted by Gasteiger charge is 2.14. The monoisotopic (exact) mass is 283 g/mol. The second-order valence-corrected chi connectivity index (χ2v) is 5.14. The van der Waals surface area contributed by atoms with Gasteiger partial charge in [-0.3, -0.25) is 4.98 Å². The highest BCUT2D eigenvalue weighted by atomic mass is 35.5. The fourth-order valence-electron chi connectivity index (χ4n) is 2.38. The first-order valence-electron chi connectivity index (χ1n) is 6.51. The molecule has 0 bridgehead atoms. The van der Waals surface area contributed by atoms with Crippen LogP contribution in [0.5, 0.6) is 0 Å². The number of nitrogens with zero attached hydrogens (tertiary/aromatic N) is 1. The summed E-state index contributed by atoms with van der Waals surface area (Å²) >= 11 is 6.14. The summed E-state index contributed by atoms with van der Waals surface area (Å²) in [7, 11) is 0. The first kappa shape index (κ1) is 13.1. The second-order valence-electron chi connectivity index (χ2n) is 4.73. The van der Waals surface area contributed by atoms with E-state index in [2.05, 4.69) is 4.98 Å². The molecular formula is C17H14ClNO. The Bertz CT molecular complexity index is 736. The lowest BCUT2D eigenvalue weighted by Gasteiger charge is -2.13. The molecule has 1 heterocycles. The molecule has 0 saturated heterocycles. The van der Waals surface area contributed by atoms with Crippen LogP contribution in [0.15, 0.2) is 60.8 Å². The predicted molar refractivity (Wildman–Crippen MR) is 81.9 cm³/mol. The molecule has 1 aromatic heterocycles. The van der Waals surface area contributed by atoms with E-state index in [1.165, 1.54) is 0 Å². The van der Waals surface area contributed by atoms with Crippen molar-refractivity contribution < 1.29 is 5.11 Å².